The monoisotopic (exact) mass is 414 g/mol. The first-order valence-corrected chi connectivity index (χ1v) is 10.6. The van der Waals surface area contributed by atoms with Crippen LogP contribution in [0.1, 0.15) is 48.9 Å². The van der Waals surface area contributed by atoms with Crippen molar-refractivity contribution < 1.29 is 18.3 Å². The number of benzene rings is 2. The summed E-state index contributed by atoms with van der Waals surface area (Å²) < 4.78 is 33.1. The third-order valence-corrected chi connectivity index (χ3v) is 6.65. The summed E-state index contributed by atoms with van der Waals surface area (Å²) in [6, 6.07) is 11.8. The smallest absolute Gasteiger partial charge is 0.220 e. The van der Waals surface area contributed by atoms with Crippen molar-refractivity contribution in [2.24, 2.45) is 0 Å². The van der Waals surface area contributed by atoms with E-state index in [-0.39, 0.29) is 23.5 Å². The molecule has 2 atom stereocenters. The predicted molar refractivity (Wildman–Crippen MR) is 111 cm³/mol. The molecule has 0 saturated carbocycles. The molecule has 1 saturated heterocycles. The van der Waals surface area contributed by atoms with Crippen LogP contribution in [0.4, 0.5) is 8.78 Å². The molecule has 0 bridgehead atoms. The highest BCUT2D eigenvalue weighted by molar-refractivity contribution is 5.76. The van der Waals surface area contributed by atoms with Gasteiger partial charge < -0.3 is 10.1 Å². The van der Waals surface area contributed by atoms with E-state index in [1.807, 2.05) is 19.1 Å². The number of hydrogen-bond donors (Lipinski definition) is 1. The van der Waals surface area contributed by atoms with E-state index in [0.29, 0.717) is 18.5 Å². The molecule has 1 heterocycles. The van der Waals surface area contributed by atoms with Crippen molar-refractivity contribution in [2.45, 2.75) is 50.3 Å². The van der Waals surface area contributed by atoms with Crippen molar-refractivity contribution >= 4 is 5.91 Å². The number of piperidine rings is 1. The fraction of sp³-hybridized carbons (Fsp3) is 0.458. The molecule has 4 nitrogen and oxygen atoms in total. The molecule has 1 aliphatic heterocycles. The van der Waals surface area contributed by atoms with Gasteiger partial charge in [0.25, 0.3) is 0 Å². The zero-order chi connectivity index (χ0) is 21.3. The Morgan fingerprint density at radius 2 is 1.83 bits per heavy atom. The highest BCUT2D eigenvalue weighted by Crippen LogP contribution is 2.52. The van der Waals surface area contributed by atoms with Crippen molar-refractivity contribution in [3.05, 3.63) is 70.8 Å². The Balaban J connectivity index is 1.56. The Morgan fingerprint density at radius 1 is 1.17 bits per heavy atom. The van der Waals surface area contributed by atoms with Crippen LogP contribution in [-0.4, -0.2) is 37.1 Å². The summed E-state index contributed by atoms with van der Waals surface area (Å²) in [5.74, 6) is -1.08. The average molecular weight is 414 g/mol. The second-order valence-electron chi connectivity index (χ2n) is 8.35. The van der Waals surface area contributed by atoms with Crippen molar-refractivity contribution in [2.75, 3.05) is 20.2 Å². The molecule has 2 aromatic rings. The van der Waals surface area contributed by atoms with Crippen molar-refractivity contribution in [1.82, 2.24) is 10.2 Å². The standard InChI is InChI=1S/C24H28F2N2O2/c1-3-21(29)27-22-19-6-4-5-7-20(19)24(23(22)30-2)8-10-28(11-9-24)15-16-12-17(25)14-18(26)13-16/h4-7,12-14,22-23H,3,8-11,15H2,1-2H3,(H,27,29)/t22-,23+/m0/s1. The summed E-state index contributed by atoms with van der Waals surface area (Å²) in [7, 11) is 1.71. The molecule has 2 aliphatic rings. The molecule has 1 N–H and O–H groups in total. The first kappa shape index (κ1) is 20.9. The molecule has 1 spiro atoms. The molecule has 6 heteroatoms. The minimum Gasteiger partial charge on any atom is -0.378 e. The van der Waals surface area contributed by atoms with E-state index in [1.54, 1.807) is 7.11 Å². The van der Waals surface area contributed by atoms with Gasteiger partial charge in [-0.1, -0.05) is 31.2 Å². The van der Waals surface area contributed by atoms with Crippen molar-refractivity contribution in [3.63, 3.8) is 0 Å². The Labute approximate surface area is 176 Å². The van der Waals surface area contributed by atoms with Gasteiger partial charge in [-0.05, 0) is 54.8 Å². The molecule has 160 valence electrons. The van der Waals surface area contributed by atoms with E-state index in [9.17, 15) is 13.6 Å². The van der Waals surface area contributed by atoms with Gasteiger partial charge >= 0.3 is 0 Å². The Kier molecular flexibility index (Phi) is 5.89. The summed E-state index contributed by atoms with van der Waals surface area (Å²) in [6.07, 6.45) is 2.01. The molecule has 1 fully saturated rings. The van der Waals surface area contributed by atoms with Gasteiger partial charge in [-0.3, -0.25) is 9.69 Å². The maximum Gasteiger partial charge on any atom is 0.220 e. The van der Waals surface area contributed by atoms with Gasteiger partial charge in [0, 0.05) is 31.6 Å². The highest BCUT2D eigenvalue weighted by atomic mass is 19.1. The minimum absolute atomic E-state index is 0.0134. The number of ether oxygens (including phenoxy) is 1. The number of nitrogens with one attached hydrogen (secondary N) is 1. The lowest BCUT2D eigenvalue weighted by Gasteiger charge is -2.44. The molecule has 1 amide bonds. The van der Waals surface area contributed by atoms with Crippen LogP contribution in [0.15, 0.2) is 42.5 Å². The SMILES string of the molecule is CCC(=O)N[C@H]1c2ccccc2C2(CCN(Cc3cc(F)cc(F)c3)CC2)[C@@H]1OC. The lowest BCUT2D eigenvalue weighted by molar-refractivity contribution is -0.123. The van der Waals surface area contributed by atoms with Gasteiger partial charge in [-0.25, -0.2) is 8.78 Å². The van der Waals surface area contributed by atoms with Crippen LogP contribution >= 0.6 is 0 Å². The Hall–Kier alpha value is -2.31. The molecule has 2 aromatic carbocycles. The quantitative estimate of drug-likeness (QED) is 0.801. The minimum atomic E-state index is -0.544. The topological polar surface area (TPSA) is 41.6 Å². The molecule has 4 rings (SSSR count). The first-order valence-electron chi connectivity index (χ1n) is 10.6. The van der Waals surface area contributed by atoms with Gasteiger partial charge in [0.1, 0.15) is 11.6 Å². The molecule has 0 radical (unpaired) electrons. The van der Waals surface area contributed by atoms with Gasteiger partial charge in [0.2, 0.25) is 5.91 Å². The fourth-order valence-corrected chi connectivity index (χ4v) is 5.27. The van der Waals surface area contributed by atoms with Crippen molar-refractivity contribution in [3.8, 4) is 0 Å². The number of rotatable bonds is 5. The fourth-order valence-electron chi connectivity index (χ4n) is 5.27. The predicted octanol–water partition coefficient (Wildman–Crippen LogP) is 4.09. The second-order valence-corrected chi connectivity index (χ2v) is 8.35. The zero-order valence-electron chi connectivity index (χ0n) is 17.5. The number of carbonyl (C=O) groups is 1. The van der Waals surface area contributed by atoms with E-state index < -0.39 is 11.6 Å². The molecular formula is C24H28F2N2O2. The maximum atomic E-state index is 13.6. The lowest BCUT2D eigenvalue weighted by Crippen LogP contribution is -2.50. The van der Waals surface area contributed by atoms with Crippen LogP contribution in [-0.2, 0) is 21.5 Å². The molecular weight excluding hydrogens is 386 g/mol. The average Bonchev–Trinajstić information content (AvgIpc) is 2.98. The molecule has 0 unspecified atom stereocenters. The molecule has 30 heavy (non-hydrogen) atoms. The van der Waals surface area contributed by atoms with Crippen molar-refractivity contribution in [1.29, 1.82) is 0 Å². The summed E-state index contributed by atoms with van der Waals surface area (Å²) in [5.41, 5.74) is 2.84. The van der Waals surface area contributed by atoms with E-state index in [0.717, 1.165) is 37.6 Å². The normalized spacial score (nSPS) is 22.8. The maximum absolute atomic E-state index is 13.6. The van der Waals surface area contributed by atoms with Crippen LogP contribution in [0, 0.1) is 11.6 Å². The molecule has 1 aliphatic carbocycles. The summed E-state index contributed by atoms with van der Waals surface area (Å²) in [6.45, 7) is 3.95. The number of carbonyl (C=O) groups excluding carboxylic acids is 1. The third kappa shape index (κ3) is 3.74. The third-order valence-electron chi connectivity index (χ3n) is 6.65. The lowest BCUT2D eigenvalue weighted by atomic mass is 9.72. The number of amides is 1. The molecule has 0 aromatic heterocycles. The summed E-state index contributed by atoms with van der Waals surface area (Å²) in [5, 5.41) is 3.16. The number of fused-ring (bicyclic) bond motifs is 2. The van der Waals surface area contributed by atoms with Gasteiger partial charge in [0.05, 0.1) is 12.1 Å². The number of nitrogens with zero attached hydrogens (tertiary/aromatic N) is 1. The van der Waals surface area contributed by atoms with E-state index in [2.05, 4.69) is 22.3 Å². The summed E-state index contributed by atoms with van der Waals surface area (Å²) in [4.78, 5) is 14.4. The van der Waals surface area contributed by atoms with Gasteiger partial charge in [-0.2, -0.15) is 0 Å². The number of hydrogen-bond acceptors (Lipinski definition) is 3. The Morgan fingerprint density at radius 3 is 2.47 bits per heavy atom. The van der Waals surface area contributed by atoms with Gasteiger partial charge in [-0.15, -0.1) is 0 Å². The van der Waals surface area contributed by atoms with Gasteiger partial charge in [0.15, 0.2) is 0 Å². The highest BCUT2D eigenvalue weighted by Gasteiger charge is 2.53. The summed E-state index contributed by atoms with van der Waals surface area (Å²) >= 11 is 0. The zero-order valence-corrected chi connectivity index (χ0v) is 17.5. The van der Waals surface area contributed by atoms with Crippen LogP contribution < -0.4 is 5.32 Å². The Bertz CT molecular complexity index is 905. The van der Waals surface area contributed by atoms with E-state index in [4.69, 9.17) is 4.74 Å². The van der Waals surface area contributed by atoms with Crippen LogP contribution in [0.3, 0.4) is 0 Å². The number of methoxy groups -OCH3 is 1. The number of halogens is 2. The van der Waals surface area contributed by atoms with Crippen LogP contribution in [0.25, 0.3) is 0 Å². The first-order chi connectivity index (χ1) is 14.5. The van der Waals surface area contributed by atoms with E-state index in [1.165, 1.54) is 17.7 Å². The van der Waals surface area contributed by atoms with Crippen LogP contribution in [0.2, 0.25) is 0 Å². The largest absolute Gasteiger partial charge is 0.378 e. The number of likely N-dealkylation sites (tertiary alicyclic amines) is 1. The van der Waals surface area contributed by atoms with E-state index >= 15 is 0 Å². The van der Waals surface area contributed by atoms with Crippen LogP contribution in [0.5, 0.6) is 0 Å². The second kappa shape index (κ2) is 8.44.